The quantitative estimate of drug-likeness (QED) is 0.825. The fraction of sp³-hybridized carbons (Fsp3) is 0.524. The van der Waals surface area contributed by atoms with Crippen molar-refractivity contribution in [1.82, 2.24) is 15.2 Å². The van der Waals surface area contributed by atoms with Gasteiger partial charge in [-0.1, -0.05) is 37.3 Å². The third-order valence-corrected chi connectivity index (χ3v) is 4.96. The number of hydrogen-bond acceptors (Lipinski definition) is 4. The second-order valence-corrected chi connectivity index (χ2v) is 6.96. The van der Waals surface area contributed by atoms with Crippen molar-refractivity contribution in [3.8, 4) is 11.3 Å². The first-order chi connectivity index (χ1) is 12.7. The first-order valence-electron chi connectivity index (χ1n) is 9.71. The van der Waals surface area contributed by atoms with Crippen LogP contribution in [0.4, 0.5) is 0 Å². The molecular weight excluding hydrogens is 326 g/mol. The summed E-state index contributed by atoms with van der Waals surface area (Å²) < 4.78 is 5.94. The van der Waals surface area contributed by atoms with Gasteiger partial charge in [0.2, 0.25) is 5.91 Å². The molecule has 5 nitrogen and oxygen atoms in total. The lowest BCUT2D eigenvalue weighted by Gasteiger charge is -2.34. The fourth-order valence-corrected chi connectivity index (χ4v) is 3.64. The van der Waals surface area contributed by atoms with Crippen LogP contribution in [0, 0.1) is 6.92 Å². The molecule has 1 saturated heterocycles. The Morgan fingerprint density at radius 2 is 2.00 bits per heavy atom. The lowest BCUT2D eigenvalue weighted by atomic mass is 10.0. The summed E-state index contributed by atoms with van der Waals surface area (Å²) in [4.78, 5) is 19.4. The molecule has 140 valence electrons. The molecule has 1 fully saturated rings. The van der Waals surface area contributed by atoms with Gasteiger partial charge in [0, 0.05) is 31.0 Å². The van der Waals surface area contributed by atoms with Crippen molar-refractivity contribution in [2.45, 2.75) is 52.0 Å². The van der Waals surface area contributed by atoms with E-state index < -0.39 is 0 Å². The monoisotopic (exact) mass is 355 g/mol. The molecule has 0 bridgehead atoms. The van der Waals surface area contributed by atoms with E-state index in [0.717, 1.165) is 55.9 Å². The minimum absolute atomic E-state index is 0.218. The summed E-state index contributed by atoms with van der Waals surface area (Å²) in [5.41, 5.74) is 1.90. The maximum absolute atomic E-state index is 12.8. The van der Waals surface area contributed by atoms with Crippen LogP contribution < -0.4 is 5.32 Å². The maximum atomic E-state index is 12.8. The summed E-state index contributed by atoms with van der Waals surface area (Å²) in [6, 6.07) is 10.4. The van der Waals surface area contributed by atoms with Crippen LogP contribution in [0.25, 0.3) is 11.3 Å². The number of hydrogen-bond donors (Lipinski definition) is 1. The van der Waals surface area contributed by atoms with E-state index >= 15 is 0 Å². The number of aryl methyl sites for hydroxylation is 2. The average Bonchev–Trinajstić information content (AvgIpc) is 3.06. The number of piperidine rings is 1. The molecular formula is C21H29N3O2. The van der Waals surface area contributed by atoms with Gasteiger partial charge >= 0.3 is 0 Å². The van der Waals surface area contributed by atoms with Crippen LogP contribution in [0.15, 0.2) is 34.7 Å². The van der Waals surface area contributed by atoms with Crippen LogP contribution in [0.1, 0.15) is 44.2 Å². The normalized spacial score (nSPS) is 15.2. The van der Waals surface area contributed by atoms with Crippen molar-refractivity contribution >= 4 is 5.91 Å². The van der Waals surface area contributed by atoms with Crippen molar-refractivity contribution < 1.29 is 9.21 Å². The van der Waals surface area contributed by atoms with Gasteiger partial charge in [0.25, 0.3) is 0 Å². The Morgan fingerprint density at radius 1 is 1.27 bits per heavy atom. The summed E-state index contributed by atoms with van der Waals surface area (Å²) in [5.74, 6) is 1.67. The number of amides is 1. The Morgan fingerprint density at radius 3 is 2.69 bits per heavy atom. The molecule has 0 unspecified atom stereocenters. The van der Waals surface area contributed by atoms with Crippen LogP contribution in [0.2, 0.25) is 0 Å². The molecule has 0 radical (unpaired) electrons. The molecule has 3 rings (SSSR count). The van der Waals surface area contributed by atoms with E-state index in [1.807, 2.05) is 37.3 Å². The number of oxazole rings is 1. The predicted octanol–water partition coefficient (Wildman–Crippen LogP) is 3.57. The number of carbonyl (C=O) groups excluding carboxylic acids is 1. The SMILES string of the molecule is CCCN(C(=O)CCc1nc(C)c(-c2ccccc2)o1)C1CCNCC1. The van der Waals surface area contributed by atoms with Gasteiger partial charge in [-0.25, -0.2) is 4.98 Å². The van der Waals surface area contributed by atoms with E-state index in [1.165, 1.54) is 0 Å². The molecule has 1 aromatic heterocycles. The van der Waals surface area contributed by atoms with Gasteiger partial charge in [0.1, 0.15) is 0 Å². The standard InChI is InChI=1S/C21H29N3O2/c1-3-15-24(18-11-13-22-14-12-18)20(25)10-9-19-23-16(2)21(26-19)17-7-5-4-6-8-17/h4-8,18,22H,3,9-15H2,1-2H3. The lowest BCUT2D eigenvalue weighted by Crippen LogP contribution is -2.46. The molecule has 0 aliphatic carbocycles. The van der Waals surface area contributed by atoms with Gasteiger partial charge in [-0.3, -0.25) is 4.79 Å². The van der Waals surface area contributed by atoms with Crippen molar-refractivity contribution in [2.24, 2.45) is 0 Å². The largest absolute Gasteiger partial charge is 0.440 e. The second kappa shape index (κ2) is 8.99. The zero-order valence-electron chi connectivity index (χ0n) is 15.8. The Hall–Kier alpha value is -2.14. The van der Waals surface area contributed by atoms with E-state index in [4.69, 9.17) is 4.42 Å². The highest BCUT2D eigenvalue weighted by Gasteiger charge is 2.24. The molecule has 2 aromatic rings. The van der Waals surface area contributed by atoms with Crippen LogP contribution >= 0.6 is 0 Å². The highest BCUT2D eigenvalue weighted by molar-refractivity contribution is 5.76. The van der Waals surface area contributed by atoms with Gasteiger partial charge in [0.05, 0.1) is 5.69 Å². The van der Waals surface area contributed by atoms with E-state index in [9.17, 15) is 4.79 Å². The summed E-state index contributed by atoms with van der Waals surface area (Å²) in [7, 11) is 0. The Bertz CT molecular complexity index is 705. The van der Waals surface area contributed by atoms with E-state index in [0.29, 0.717) is 24.8 Å². The third kappa shape index (κ3) is 4.52. The lowest BCUT2D eigenvalue weighted by molar-refractivity contribution is -0.134. The topological polar surface area (TPSA) is 58.4 Å². The Labute approximate surface area is 155 Å². The molecule has 1 aliphatic rings. The van der Waals surface area contributed by atoms with Gasteiger partial charge in [0.15, 0.2) is 11.7 Å². The van der Waals surface area contributed by atoms with Gasteiger partial charge < -0.3 is 14.6 Å². The molecule has 1 N–H and O–H groups in total. The molecule has 1 aliphatic heterocycles. The molecule has 1 aromatic carbocycles. The van der Waals surface area contributed by atoms with Crippen molar-refractivity contribution in [3.63, 3.8) is 0 Å². The molecule has 0 atom stereocenters. The zero-order chi connectivity index (χ0) is 18.4. The Balaban J connectivity index is 1.63. The van der Waals surface area contributed by atoms with Gasteiger partial charge in [-0.15, -0.1) is 0 Å². The molecule has 1 amide bonds. The number of benzene rings is 1. The number of carbonyl (C=O) groups is 1. The first kappa shape index (κ1) is 18.6. The highest BCUT2D eigenvalue weighted by Crippen LogP contribution is 2.25. The zero-order valence-corrected chi connectivity index (χ0v) is 15.8. The van der Waals surface area contributed by atoms with Crippen LogP contribution in [0.5, 0.6) is 0 Å². The van der Waals surface area contributed by atoms with Gasteiger partial charge in [-0.2, -0.15) is 0 Å². The average molecular weight is 355 g/mol. The second-order valence-electron chi connectivity index (χ2n) is 6.96. The fourth-order valence-electron chi connectivity index (χ4n) is 3.64. The van der Waals surface area contributed by atoms with E-state index in [-0.39, 0.29) is 5.91 Å². The van der Waals surface area contributed by atoms with Crippen molar-refractivity contribution in [2.75, 3.05) is 19.6 Å². The predicted molar refractivity (Wildman–Crippen MR) is 103 cm³/mol. The maximum Gasteiger partial charge on any atom is 0.223 e. The number of nitrogens with one attached hydrogen (secondary N) is 1. The van der Waals surface area contributed by atoms with Crippen LogP contribution in [-0.2, 0) is 11.2 Å². The van der Waals surface area contributed by atoms with Gasteiger partial charge in [-0.05, 0) is 39.3 Å². The minimum Gasteiger partial charge on any atom is -0.440 e. The molecule has 0 saturated carbocycles. The van der Waals surface area contributed by atoms with E-state index in [1.54, 1.807) is 0 Å². The first-order valence-corrected chi connectivity index (χ1v) is 9.71. The summed E-state index contributed by atoms with van der Waals surface area (Å²) in [5, 5.41) is 3.37. The Kier molecular flexibility index (Phi) is 6.45. The molecule has 5 heteroatoms. The van der Waals surface area contributed by atoms with Crippen LogP contribution in [-0.4, -0.2) is 41.5 Å². The third-order valence-electron chi connectivity index (χ3n) is 4.96. The minimum atomic E-state index is 0.218. The summed E-state index contributed by atoms with van der Waals surface area (Å²) in [6.07, 6.45) is 4.09. The summed E-state index contributed by atoms with van der Waals surface area (Å²) >= 11 is 0. The molecule has 0 spiro atoms. The molecule has 26 heavy (non-hydrogen) atoms. The van der Waals surface area contributed by atoms with Crippen molar-refractivity contribution in [1.29, 1.82) is 0 Å². The van der Waals surface area contributed by atoms with E-state index in [2.05, 4.69) is 22.1 Å². The summed E-state index contributed by atoms with van der Waals surface area (Å²) in [6.45, 7) is 6.92. The smallest absolute Gasteiger partial charge is 0.223 e. The molecule has 2 heterocycles. The number of nitrogens with zero attached hydrogens (tertiary/aromatic N) is 2. The number of aromatic nitrogens is 1. The van der Waals surface area contributed by atoms with Crippen molar-refractivity contribution in [3.05, 3.63) is 41.9 Å². The number of rotatable bonds is 7. The highest BCUT2D eigenvalue weighted by atomic mass is 16.4. The van der Waals surface area contributed by atoms with Crippen LogP contribution in [0.3, 0.4) is 0 Å².